The van der Waals surface area contributed by atoms with Crippen LogP contribution in [0, 0.1) is 0 Å². The van der Waals surface area contributed by atoms with Crippen LogP contribution in [0.1, 0.15) is 31.9 Å². The number of hydrogen-bond acceptors (Lipinski definition) is 4. The van der Waals surface area contributed by atoms with Gasteiger partial charge in [-0.3, -0.25) is 4.79 Å². The largest absolute Gasteiger partial charge is 0.543 e. The highest BCUT2D eigenvalue weighted by Crippen LogP contribution is 2.37. The minimum absolute atomic E-state index is 0.126. The molecule has 5 heteroatoms. The summed E-state index contributed by atoms with van der Waals surface area (Å²) in [5.74, 6) is 0.443. The molecule has 0 aliphatic heterocycles. The molecule has 0 saturated heterocycles. The highest BCUT2D eigenvalue weighted by Gasteiger charge is 2.38. The second kappa shape index (κ2) is 8.72. The third-order valence-electron chi connectivity index (χ3n) is 5.06. The van der Waals surface area contributed by atoms with Crippen LogP contribution >= 0.6 is 0 Å². The third kappa shape index (κ3) is 6.22. The summed E-state index contributed by atoms with van der Waals surface area (Å²) in [6, 6.07) is 16.7. The highest BCUT2D eigenvalue weighted by atomic mass is 28.4. The molecule has 4 nitrogen and oxygen atoms in total. The fourth-order valence-electron chi connectivity index (χ4n) is 2.36. The second-order valence-corrected chi connectivity index (χ2v) is 13.1. The number of esters is 1. The van der Waals surface area contributed by atoms with Crippen molar-refractivity contribution in [2.75, 3.05) is 0 Å². The maximum absolute atomic E-state index is 12.2. The van der Waals surface area contributed by atoms with Gasteiger partial charge in [0, 0.05) is 0 Å². The van der Waals surface area contributed by atoms with E-state index in [4.69, 9.17) is 14.9 Å². The van der Waals surface area contributed by atoms with Crippen molar-refractivity contribution in [2.45, 2.75) is 58.0 Å². The van der Waals surface area contributed by atoms with Crippen molar-refractivity contribution in [1.29, 1.82) is 0 Å². The van der Waals surface area contributed by atoms with Crippen molar-refractivity contribution in [3.8, 4) is 5.75 Å². The van der Waals surface area contributed by atoms with E-state index in [1.165, 1.54) is 0 Å². The average Bonchev–Trinajstić information content (AvgIpc) is 2.59. The Morgan fingerprint density at radius 2 is 1.67 bits per heavy atom. The summed E-state index contributed by atoms with van der Waals surface area (Å²) in [5, 5.41) is 0.126. The normalized spacial score (nSPS) is 13.1. The van der Waals surface area contributed by atoms with Gasteiger partial charge in [0.2, 0.25) is 8.32 Å². The SMILES string of the molecule is CC(C)(C)[Si](C)(C)Oc1cccc(C[C@H](N)C(=O)OCc2ccccc2)c1. The lowest BCUT2D eigenvalue weighted by molar-refractivity contribution is -0.146. The Hall–Kier alpha value is -2.11. The fourth-order valence-corrected chi connectivity index (χ4v) is 3.38. The predicted molar refractivity (Wildman–Crippen MR) is 112 cm³/mol. The summed E-state index contributed by atoms with van der Waals surface area (Å²) in [6.45, 7) is 11.3. The summed E-state index contributed by atoms with van der Waals surface area (Å²) in [7, 11) is -1.90. The van der Waals surface area contributed by atoms with Crippen molar-refractivity contribution in [2.24, 2.45) is 5.73 Å². The van der Waals surface area contributed by atoms with Crippen LogP contribution in [0.5, 0.6) is 5.75 Å². The molecular formula is C22H31NO3Si. The molecule has 27 heavy (non-hydrogen) atoms. The van der Waals surface area contributed by atoms with Crippen molar-refractivity contribution < 1.29 is 14.0 Å². The number of carbonyl (C=O) groups excluding carboxylic acids is 1. The first kappa shape index (κ1) is 21.2. The molecule has 0 saturated carbocycles. The van der Waals surface area contributed by atoms with E-state index in [1.54, 1.807) is 0 Å². The van der Waals surface area contributed by atoms with Gasteiger partial charge in [0.25, 0.3) is 0 Å². The van der Waals surface area contributed by atoms with Crippen LogP contribution < -0.4 is 10.2 Å². The molecule has 0 bridgehead atoms. The molecule has 0 aliphatic rings. The van der Waals surface area contributed by atoms with Gasteiger partial charge in [-0.05, 0) is 47.8 Å². The van der Waals surface area contributed by atoms with Crippen molar-refractivity contribution in [3.63, 3.8) is 0 Å². The topological polar surface area (TPSA) is 61.5 Å². The maximum Gasteiger partial charge on any atom is 0.323 e. The Morgan fingerprint density at radius 3 is 2.30 bits per heavy atom. The van der Waals surface area contributed by atoms with E-state index in [9.17, 15) is 4.79 Å². The maximum atomic E-state index is 12.2. The number of hydrogen-bond donors (Lipinski definition) is 1. The minimum Gasteiger partial charge on any atom is -0.543 e. The average molecular weight is 386 g/mol. The zero-order valence-electron chi connectivity index (χ0n) is 17.0. The van der Waals surface area contributed by atoms with Gasteiger partial charge in [0.05, 0.1) is 0 Å². The summed E-state index contributed by atoms with van der Waals surface area (Å²) in [4.78, 5) is 12.2. The lowest BCUT2D eigenvalue weighted by Crippen LogP contribution is -2.43. The Labute approximate surface area is 163 Å². The van der Waals surface area contributed by atoms with Crippen LogP contribution in [-0.2, 0) is 22.6 Å². The van der Waals surface area contributed by atoms with Crippen LogP contribution in [0.4, 0.5) is 0 Å². The number of carbonyl (C=O) groups is 1. The fraction of sp³-hybridized carbons (Fsp3) is 0.409. The molecular weight excluding hydrogens is 354 g/mol. The first-order valence-corrected chi connectivity index (χ1v) is 12.2. The summed E-state index contributed by atoms with van der Waals surface area (Å²) in [6.07, 6.45) is 0.419. The summed E-state index contributed by atoms with van der Waals surface area (Å²) in [5.41, 5.74) is 7.97. The molecule has 0 aromatic heterocycles. The van der Waals surface area contributed by atoms with E-state index in [1.807, 2.05) is 54.6 Å². The second-order valence-electron chi connectivity index (χ2n) is 8.41. The molecule has 0 amide bonds. The smallest absolute Gasteiger partial charge is 0.323 e. The Morgan fingerprint density at radius 1 is 1.04 bits per heavy atom. The molecule has 2 rings (SSSR count). The highest BCUT2D eigenvalue weighted by molar-refractivity contribution is 6.74. The van der Waals surface area contributed by atoms with E-state index in [0.29, 0.717) is 6.42 Å². The first-order valence-electron chi connectivity index (χ1n) is 9.32. The summed E-state index contributed by atoms with van der Waals surface area (Å²) < 4.78 is 11.7. The first-order chi connectivity index (χ1) is 12.6. The minimum atomic E-state index is -1.90. The van der Waals surface area contributed by atoms with Crippen LogP contribution in [0.3, 0.4) is 0 Å². The standard InChI is InChI=1S/C22H31NO3Si/c1-22(2,3)27(4,5)26-19-13-9-12-18(14-19)15-20(23)21(24)25-16-17-10-7-6-8-11-17/h6-14,20H,15-16,23H2,1-5H3/t20-/m0/s1. The number of nitrogens with two attached hydrogens (primary N) is 1. The zero-order valence-corrected chi connectivity index (χ0v) is 18.0. The quantitative estimate of drug-likeness (QED) is 0.555. The Kier molecular flexibility index (Phi) is 6.84. The van der Waals surface area contributed by atoms with Gasteiger partial charge in [-0.1, -0.05) is 63.2 Å². The van der Waals surface area contributed by atoms with E-state index in [0.717, 1.165) is 16.9 Å². The van der Waals surface area contributed by atoms with Gasteiger partial charge in [0.1, 0.15) is 18.4 Å². The predicted octanol–water partition coefficient (Wildman–Crippen LogP) is 4.68. The molecule has 0 aliphatic carbocycles. The van der Waals surface area contributed by atoms with Crippen LogP contribution in [0.15, 0.2) is 54.6 Å². The van der Waals surface area contributed by atoms with Gasteiger partial charge in [-0.25, -0.2) is 0 Å². The molecule has 2 aromatic rings. The lowest BCUT2D eigenvalue weighted by atomic mass is 10.1. The van der Waals surface area contributed by atoms with E-state index >= 15 is 0 Å². The van der Waals surface area contributed by atoms with Crippen molar-refractivity contribution in [1.82, 2.24) is 0 Å². The van der Waals surface area contributed by atoms with Gasteiger partial charge in [-0.2, -0.15) is 0 Å². The van der Waals surface area contributed by atoms with E-state index in [2.05, 4.69) is 33.9 Å². The molecule has 146 valence electrons. The van der Waals surface area contributed by atoms with Crippen LogP contribution in [0.2, 0.25) is 18.1 Å². The number of rotatable bonds is 7. The van der Waals surface area contributed by atoms with Crippen molar-refractivity contribution >= 4 is 14.3 Å². The number of ether oxygens (including phenoxy) is 1. The Balaban J connectivity index is 1.95. The van der Waals surface area contributed by atoms with E-state index in [-0.39, 0.29) is 11.6 Å². The van der Waals surface area contributed by atoms with Gasteiger partial charge < -0.3 is 14.9 Å². The molecule has 1 atom stereocenters. The molecule has 0 fully saturated rings. The van der Waals surface area contributed by atoms with Crippen LogP contribution in [-0.4, -0.2) is 20.3 Å². The van der Waals surface area contributed by atoms with Crippen molar-refractivity contribution in [3.05, 3.63) is 65.7 Å². The number of benzene rings is 2. The Bertz CT molecular complexity index is 754. The molecule has 2 N–H and O–H groups in total. The zero-order chi connectivity index (χ0) is 20.1. The molecule has 2 aromatic carbocycles. The molecule has 0 heterocycles. The summed E-state index contributed by atoms with van der Waals surface area (Å²) >= 11 is 0. The lowest BCUT2D eigenvalue weighted by Gasteiger charge is -2.36. The monoisotopic (exact) mass is 385 g/mol. The molecule has 0 spiro atoms. The molecule has 0 unspecified atom stereocenters. The third-order valence-corrected chi connectivity index (χ3v) is 9.42. The van der Waals surface area contributed by atoms with Crippen LogP contribution in [0.25, 0.3) is 0 Å². The van der Waals surface area contributed by atoms with Gasteiger partial charge in [-0.15, -0.1) is 0 Å². The van der Waals surface area contributed by atoms with E-state index < -0.39 is 20.3 Å². The van der Waals surface area contributed by atoms with Gasteiger partial charge >= 0.3 is 5.97 Å². The molecule has 0 radical (unpaired) electrons. The van der Waals surface area contributed by atoms with Gasteiger partial charge in [0.15, 0.2) is 0 Å².